The van der Waals surface area contributed by atoms with Crippen molar-refractivity contribution in [1.82, 2.24) is 26.0 Å². The van der Waals surface area contributed by atoms with Crippen LogP contribution in [0.15, 0.2) is 24.3 Å². The lowest BCUT2D eigenvalue weighted by Gasteiger charge is -2.32. The summed E-state index contributed by atoms with van der Waals surface area (Å²) in [5, 5.41) is 4.45. The van der Waals surface area contributed by atoms with E-state index in [9.17, 15) is 0 Å². The van der Waals surface area contributed by atoms with Gasteiger partial charge in [-0.3, -0.25) is 5.43 Å². The van der Waals surface area contributed by atoms with E-state index in [0.717, 1.165) is 24.7 Å². The van der Waals surface area contributed by atoms with Crippen LogP contribution >= 0.6 is 24.0 Å². The molecule has 2 aliphatic rings. The highest BCUT2D eigenvalue weighted by Crippen LogP contribution is 2.25. The number of hydrazine groups is 1. The van der Waals surface area contributed by atoms with Crippen molar-refractivity contribution in [2.75, 3.05) is 59.4 Å². The van der Waals surface area contributed by atoms with Crippen LogP contribution in [0.3, 0.4) is 0 Å². The average molecular weight is 402 g/mol. The Morgan fingerprint density at radius 2 is 1.85 bits per heavy atom. The molecule has 0 spiro atoms. The molecule has 2 fully saturated rings. The maximum atomic E-state index is 6.00. The molecule has 0 radical (unpaired) electrons. The molecule has 0 aliphatic carbocycles. The number of likely N-dealkylation sites (N-methyl/N-ethyl adjacent to an activating group) is 1. The summed E-state index contributed by atoms with van der Waals surface area (Å²) in [5.41, 5.74) is 8.00. The summed E-state index contributed by atoms with van der Waals surface area (Å²) in [6.07, 6.45) is 2.55. The van der Waals surface area contributed by atoms with Gasteiger partial charge in [0.25, 0.3) is 0 Å². The summed E-state index contributed by atoms with van der Waals surface area (Å²) in [6.45, 7) is 9.28. The van der Waals surface area contributed by atoms with Gasteiger partial charge in [-0.05, 0) is 50.7 Å². The van der Waals surface area contributed by atoms with Gasteiger partial charge in [0.05, 0.1) is 6.04 Å². The number of rotatable bonds is 8. The zero-order valence-corrected chi connectivity index (χ0v) is 17.3. The maximum absolute atomic E-state index is 6.00. The third kappa shape index (κ3) is 6.64. The van der Waals surface area contributed by atoms with E-state index in [1.54, 1.807) is 0 Å². The minimum absolute atomic E-state index is 0. The van der Waals surface area contributed by atoms with Crippen molar-refractivity contribution in [3.63, 3.8) is 0 Å². The van der Waals surface area contributed by atoms with Crippen LogP contribution in [0.1, 0.15) is 24.4 Å². The molecule has 26 heavy (non-hydrogen) atoms. The number of piperazine rings is 1. The quantitative estimate of drug-likeness (QED) is 0.582. The molecule has 5 nitrogen and oxygen atoms in total. The average Bonchev–Trinajstić information content (AvgIpc) is 3.09. The lowest BCUT2D eigenvalue weighted by molar-refractivity contribution is 0.152. The largest absolute Gasteiger partial charge is 0.316 e. The number of unbranched alkanes of at least 4 members (excludes halogenated alkanes) is 1. The van der Waals surface area contributed by atoms with Crippen LogP contribution in [0, 0.1) is 5.92 Å². The highest BCUT2D eigenvalue weighted by atomic mass is 35.5. The van der Waals surface area contributed by atoms with E-state index in [1.165, 1.54) is 51.1 Å². The molecule has 2 atom stereocenters. The number of benzene rings is 1. The first-order valence-corrected chi connectivity index (χ1v) is 9.95. The monoisotopic (exact) mass is 401 g/mol. The van der Waals surface area contributed by atoms with Crippen LogP contribution in [-0.4, -0.2) is 69.2 Å². The van der Waals surface area contributed by atoms with Gasteiger partial charge in [0.2, 0.25) is 0 Å². The van der Waals surface area contributed by atoms with Crippen molar-refractivity contribution in [3.05, 3.63) is 34.9 Å². The Morgan fingerprint density at radius 3 is 2.58 bits per heavy atom. The number of nitrogens with zero attached hydrogens (tertiary/aromatic N) is 2. The summed E-state index contributed by atoms with van der Waals surface area (Å²) in [7, 11) is 2.21. The fourth-order valence-corrected chi connectivity index (χ4v) is 3.82. The molecule has 7 heteroatoms. The molecule has 2 heterocycles. The van der Waals surface area contributed by atoms with Gasteiger partial charge in [-0.15, -0.1) is 12.4 Å². The minimum atomic E-state index is 0. The van der Waals surface area contributed by atoms with Crippen LogP contribution < -0.4 is 16.2 Å². The first-order valence-electron chi connectivity index (χ1n) is 9.58. The van der Waals surface area contributed by atoms with Crippen molar-refractivity contribution in [3.8, 4) is 0 Å². The van der Waals surface area contributed by atoms with Crippen LogP contribution in [0.4, 0.5) is 0 Å². The van der Waals surface area contributed by atoms with Crippen molar-refractivity contribution in [2.24, 2.45) is 5.92 Å². The Kier molecular flexibility index (Phi) is 9.64. The van der Waals surface area contributed by atoms with Crippen molar-refractivity contribution < 1.29 is 0 Å². The van der Waals surface area contributed by atoms with Gasteiger partial charge in [-0.25, -0.2) is 5.43 Å². The van der Waals surface area contributed by atoms with Gasteiger partial charge in [0, 0.05) is 50.2 Å². The van der Waals surface area contributed by atoms with E-state index >= 15 is 0 Å². The highest BCUT2D eigenvalue weighted by Gasteiger charge is 2.27. The molecule has 2 saturated heterocycles. The van der Waals surface area contributed by atoms with Gasteiger partial charge >= 0.3 is 0 Å². The zero-order chi connectivity index (χ0) is 17.5. The number of nitrogens with one attached hydrogen (secondary N) is 3. The maximum Gasteiger partial charge on any atom is 0.0515 e. The predicted molar refractivity (Wildman–Crippen MR) is 112 cm³/mol. The first-order chi connectivity index (χ1) is 12.2. The molecule has 1 aromatic rings. The summed E-state index contributed by atoms with van der Waals surface area (Å²) < 4.78 is 0. The Balaban J connectivity index is 0.00000243. The summed E-state index contributed by atoms with van der Waals surface area (Å²) in [6, 6.07) is 8.54. The highest BCUT2D eigenvalue weighted by molar-refractivity contribution is 6.30. The van der Waals surface area contributed by atoms with Crippen LogP contribution in [-0.2, 0) is 0 Å². The SMILES string of the molecule is CN1CCN(CCCCNCC2CNNC2c2ccc(Cl)cc2)CC1.Cl. The number of hydrogen-bond donors (Lipinski definition) is 3. The molecule has 148 valence electrons. The normalized spacial score (nSPS) is 24.5. The van der Waals surface area contributed by atoms with Crippen LogP contribution in [0.5, 0.6) is 0 Å². The Bertz CT molecular complexity index is 505. The van der Waals surface area contributed by atoms with Gasteiger partial charge in [-0.2, -0.15) is 0 Å². The summed E-state index contributed by atoms with van der Waals surface area (Å²) >= 11 is 6.00. The standard InChI is InChI=1S/C19H32ClN5.ClH/c1-24-10-12-25(13-11-24)9-3-2-8-21-14-17-15-22-23-19(17)16-4-6-18(20)7-5-16;/h4-7,17,19,21-23H,2-3,8-15H2,1H3;1H. The molecule has 3 rings (SSSR count). The van der Waals surface area contributed by atoms with E-state index < -0.39 is 0 Å². The van der Waals surface area contributed by atoms with Gasteiger partial charge in [0.1, 0.15) is 0 Å². The summed E-state index contributed by atoms with van der Waals surface area (Å²) in [5.74, 6) is 0.568. The third-order valence-electron chi connectivity index (χ3n) is 5.40. The molecule has 2 unspecified atom stereocenters. The molecule has 0 aromatic heterocycles. The van der Waals surface area contributed by atoms with Crippen LogP contribution in [0.25, 0.3) is 0 Å². The topological polar surface area (TPSA) is 42.6 Å². The predicted octanol–water partition coefficient (Wildman–Crippen LogP) is 2.14. The van der Waals surface area contributed by atoms with E-state index in [-0.39, 0.29) is 12.4 Å². The van der Waals surface area contributed by atoms with Crippen molar-refractivity contribution >= 4 is 24.0 Å². The molecule has 3 N–H and O–H groups in total. The second-order valence-corrected chi connectivity index (χ2v) is 7.81. The van der Waals surface area contributed by atoms with Gasteiger partial charge in [0.15, 0.2) is 0 Å². The van der Waals surface area contributed by atoms with E-state index in [4.69, 9.17) is 11.6 Å². The second kappa shape index (κ2) is 11.4. The Morgan fingerprint density at radius 1 is 1.12 bits per heavy atom. The molecule has 1 aromatic carbocycles. The third-order valence-corrected chi connectivity index (χ3v) is 5.65. The van der Waals surface area contributed by atoms with E-state index in [1.807, 2.05) is 12.1 Å². The first kappa shape index (κ1) is 21.9. The van der Waals surface area contributed by atoms with Crippen molar-refractivity contribution in [1.29, 1.82) is 0 Å². The molecular formula is C19H33Cl2N5. The zero-order valence-electron chi connectivity index (χ0n) is 15.7. The molecule has 0 bridgehead atoms. The van der Waals surface area contributed by atoms with Gasteiger partial charge in [-0.1, -0.05) is 23.7 Å². The van der Waals surface area contributed by atoms with Gasteiger partial charge < -0.3 is 15.1 Å². The lowest BCUT2D eigenvalue weighted by Crippen LogP contribution is -2.44. The van der Waals surface area contributed by atoms with Crippen molar-refractivity contribution in [2.45, 2.75) is 18.9 Å². The number of hydrogen-bond acceptors (Lipinski definition) is 5. The number of halogens is 2. The fourth-order valence-electron chi connectivity index (χ4n) is 3.70. The molecule has 0 amide bonds. The smallest absolute Gasteiger partial charge is 0.0515 e. The Hall–Kier alpha value is -0.400. The minimum Gasteiger partial charge on any atom is -0.316 e. The van der Waals surface area contributed by atoms with E-state index in [0.29, 0.717) is 12.0 Å². The lowest BCUT2D eigenvalue weighted by atomic mass is 9.95. The fraction of sp³-hybridized carbons (Fsp3) is 0.684. The molecule has 0 saturated carbocycles. The Labute approximate surface area is 169 Å². The summed E-state index contributed by atoms with van der Waals surface area (Å²) in [4.78, 5) is 5.01. The van der Waals surface area contributed by atoms with E-state index in [2.05, 4.69) is 45.1 Å². The second-order valence-electron chi connectivity index (χ2n) is 7.37. The van der Waals surface area contributed by atoms with Crippen LogP contribution in [0.2, 0.25) is 5.02 Å². The molecule has 2 aliphatic heterocycles. The molecular weight excluding hydrogens is 369 g/mol.